The molecule has 2 aromatic carbocycles. The first-order valence-electron chi connectivity index (χ1n) is 13.5. The van der Waals surface area contributed by atoms with Gasteiger partial charge in [0.1, 0.15) is 41.1 Å². The highest BCUT2D eigenvalue weighted by molar-refractivity contribution is 5.87. The van der Waals surface area contributed by atoms with Crippen LogP contribution in [-0.4, -0.2) is 53.6 Å². The summed E-state index contributed by atoms with van der Waals surface area (Å²) in [4.78, 5) is 27.4. The van der Waals surface area contributed by atoms with Crippen molar-refractivity contribution in [2.24, 2.45) is 0 Å². The van der Waals surface area contributed by atoms with E-state index in [1.165, 1.54) is 0 Å². The Bertz CT molecular complexity index is 1230. The summed E-state index contributed by atoms with van der Waals surface area (Å²) in [5.41, 5.74) is -0.544. The van der Waals surface area contributed by atoms with Crippen LogP contribution in [0, 0.1) is 0 Å². The highest BCUT2D eigenvalue weighted by atomic mass is 16.7. The number of rotatable bonds is 4. The Morgan fingerprint density at radius 2 is 1.23 bits per heavy atom. The van der Waals surface area contributed by atoms with Crippen molar-refractivity contribution in [3.8, 4) is 0 Å². The topological polar surface area (TPSA) is 108 Å². The highest BCUT2D eigenvalue weighted by Gasteiger charge is 2.69. The van der Waals surface area contributed by atoms with Gasteiger partial charge in [-0.25, -0.2) is 14.5 Å². The lowest BCUT2D eigenvalue weighted by Gasteiger charge is -2.34. The minimum Gasteiger partial charge on any atom is -0.444 e. The van der Waals surface area contributed by atoms with Crippen molar-refractivity contribution < 1.29 is 33.3 Å². The number of benzene rings is 2. The summed E-state index contributed by atoms with van der Waals surface area (Å²) in [6.07, 6.45) is -2.49. The number of hydrogen-bond acceptors (Lipinski definition) is 8. The van der Waals surface area contributed by atoms with E-state index in [1.807, 2.05) is 104 Å². The molecule has 10 nitrogen and oxygen atoms in total. The molecule has 0 aromatic heterocycles. The van der Waals surface area contributed by atoms with E-state index in [-0.39, 0.29) is 6.23 Å². The molecule has 3 aliphatic rings. The van der Waals surface area contributed by atoms with Crippen LogP contribution in [0.25, 0.3) is 0 Å². The van der Waals surface area contributed by atoms with E-state index >= 15 is 0 Å². The summed E-state index contributed by atoms with van der Waals surface area (Å²) < 4.78 is 30.7. The van der Waals surface area contributed by atoms with Crippen LogP contribution in [0.15, 0.2) is 48.5 Å². The van der Waals surface area contributed by atoms with Crippen LogP contribution in [0.2, 0.25) is 0 Å². The number of anilines is 2. The van der Waals surface area contributed by atoms with Crippen LogP contribution >= 0.6 is 0 Å². The number of amides is 2. The van der Waals surface area contributed by atoms with E-state index in [1.54, 1.807) is 0 Å². The molecule has 2 amide bonds. The van der Waals surface area contributed by atoms with Gasteiger partial charge in [-0.15, -0.1) is 0 Å². The van der Waals surface area contributed by atoms with E-state index in [0.717, 1.165) is 11.1 Å². The molecule has 0 bridgehead atoms. The van der Waals surface area contributed by atoms with Gasteiger partial charge in [-0.1, -0.05) is 36.4 Å². The van der Waals surface area contributed by atoms with Gasteiger partial charge in [0.25, 0.3) is 0 Å². The molecule has 0 unspecified atom stereocenters. The molecule has 0 radical (unpaired) electrons. The lowest BCUT2D eigenvalue weighted by molar-refractivity contribution is -0.137. The summed E-state index contributed by atoms with van der Waals surface area (Å²) >= 11 is 0. The summed E-state index contributed by atoms with van der Waals surface area (Å²) in [5, 5.41) is 5.77. The number of hydrogen-bond donors (Lipinski definition) is 2. The van der Waals surface area contributed by atoms with Gasteiger partial charge in [0.05, 0.1) is 18.0 Å². The second kappa shape index (κ2) is 9.73. The fourth-order valence-corrected chi connectivity index (χ4v) is 5.67. The van der Waals surface area contributed by atoms with Crippen LogP contribution in [-0.2, 0) is 34.9 Å². The van der Waals surface area contributed by atoms with Crippen LogP contribution in [0.1, 0.15) is 66.5 Å². The van der Waals surface area contributed by atoms with E-state index in [2.05, 4.69) is 15.5 Å². The minimum absolute atomic E-state index is 0.346. The molecular weight excluding hydrogens is 514 g/mol. The fraction of sp³-hybridized carbons (Fsp3) is 0.533. The number of para-hydroxylation sites is 2. The number of carbonyl (C=O) groups is 2. The second-order valence-corrected chi connectivity index (χ2v) is 12.7. The number of nitrogens with zero attached hydrogens (tertiary/aromatic N) is 1. The fourth-order valence-electron chi connectivity index (χ4n) is 5.67. The monoisotopic (exact) mass is 553 g/mol. The van der Waals surface area contributed by atoms with Gasteiger partial charge in [-0.3, -0.25) is 10.6 Å². The van der Waals surface area contributed by atoms with Gasteiger partial charge < -0.3 is 23.7 Å². The first-order chi connectivity index (χ1) is 18.6. The molecule has 5 atom stereocenters. The first kappa shape index (κ1) is 28.4. The largest absolute Gasteiger partial charge is 0.444 e. The standard InChI is InChI=1S/C30H39N3O7/c1-27(2,3)39-25(34)31-20-15-11-9-13-18(20)29(7)23-33-22(17-36-23)37-30(8,24(33)38-29)19-14-10-12-16-21(19)32-26(35)40-28(4,5)6/h9-16,22-24H,17H2,1-8H3,(H,31,34)(H,32,35)/t22-,23-,24-,29-,30+/m0/s1. The quantitative estimate of drug-likeness (QED) is 0.483. The van der Waals surface area contributed by atoms with Gasteiger partial charge in [-0.2, -0.15) is 0 Å². The van der Waals surface area contributed by atoms with Crippen molar-refractivity contribution in [3.63, 3.8) is 0 Å². The number of nitrogens with one attached hydrogen (secondary N) is 2. The molecule has 216 valence electrons. The maximum absolute atomic E-state index is 12.7. The summed E-state index contributed by atoms with van der Waals surface area (Å²) in [5.74, 6) is 0. The average molecular weight is 554 g/mol. The van der Waals surface area contributed by atoms with Crippen LogP contribution in [0.3, 0.4) is 0 Å². The molecule has 2 N–H and O–H groups in total. The van der Waals surface area contributed by atoms with E-state index in [4.69, 9.17) is 23.7 Å². The summed E-state index contributed by atoms with van der Waals surface area (Å²) in [7, 11) is 0. The first-order valence-corrected chi connectivity index (χ1v) is 13.5. The molecule has 3 saturated heterocycles. The van der Waals surface area contributed by atoms with Crippen molar-refractivity contribution in [2.75, 3.05) is 17.2 Å². The van der Waals surface area contributed by atoms with Crippen LogP contribution in [0.5, 0.6) is 0 Å². The Labute approximate surface area is 235 Å². The zero-order valence-corrected chi connectivity index (χ0v) is 24.4. The third kappa shape index (κ3) is 5.16. The van der Waals surface area contributed by atoms with Gasteiger partial charge in [0.15, 0.2) is 0 Å². The van der Waals surface area contributed by atoms with Gasteiger partial charge in [-0.05, 0) is 67.5 Å². The van der Waals surface area contributed by atoms with E-state index in [9.17, 15) is 9.59 Å². The third-order valence-electron chi connectivity index (χ3n) is 7.15. The van der Waals surface area contributed by atoms with Crippen molar-refractivity contribution in [1.29, 1.82) is 0 Å². The molecule has 3 aliphatic heterocycles. The van der Waals surface area contributed by atoms with Crippen molar-refractivity contribution in [2.45, 2.75) is 96.5 Å². The Kier molecular flexibility index (Phi) is 6.89. The third-order valence-corrected chi connectivity index (χ3v) is 7.15. The Morgan fingerprint density at radius 1 is 0.775 bits per heavy atom. The van der Waals surface area contributed by atoms with Crippen LogP contribution < -0.4 is 10.6 Å². The lowest BCUT2D eigenvalue weighted by Crippen LogP contribution is -2.41. The second-order valence-electron chi connectivity index (χ2n) is 12.7. The maximum atomic E-state index is 12.7. The molecule has 40 heavy (non-hydrogen) atoms. The SMILES string of the molecule is CC(C)(C)OC(=O)Nc1ccccc1[C@]1(C)O[C@@H]2N3[C@H](CO[C@H]31)O[C@]2(C)c1ccccc1NC(=O)OC(C)(C)C. The summed E-state index contributed by atoms with van der Waals surface area (Å²) in [6.45, 7) is 15.2. The summed E-state index contributed by atoms with van der Waals surface area (Å²) in [6, 6.07) is 15.0. The normalized spacial score (nSPS) is 29.6. The molecule has 2 aromatic rings. The maximum Gasteiger partial charge on any atom is 0.412 e. The van der Waals surface area contributed by atoms with Gasteiger partial charge in [0.2, 0.25) is 0 Å². The highest BCUT2D eigenvalue weighted by Crippen LogP contribution is 2.57. The van der Waals surface area contributed by atoms with Gasteiger partial charge >= 0.3 is 12.2 Å². The number of carbonyl (C=O) groups excluding carboxylic acids is 2. The predicted octanol–water partition coefficient (Wildman–Crippen LogP) is 5.88. The van der Waals surface area contributed by atoms with Crippen LogP contribution in [0.4, 0.5) is 21.0 Å². The zero-order valence-electron chi connectivity index (χ0n) is 24.4. The molecular formula is C30H39N3O7. The minimum atomic E-state index is -0.955. The van der Waals surface area contributed by atoms with E-state index < -0.39 is 47.0 Å². The molecule has 10 heteroatoms. The lowest BCUT2D eigenvalue weighted by atomic mass is 9.92. The Balaban J connectivity index is 1.47. The molecule has 5 rings (SSSR count). The molecule has 0 spiro atoms. The Morgan fingerprint density at radius 3 is 1.70 bits per heavy atom. The molecule has 0 aliphatic carbocycles. The van der Waals surface area contributed by atoms with Crippen molar-refractivity contribution in [3.05, 3.63) is 59.7 Å². The smallest absolute Gasteiger partial charge is 0.412 e. The zero-order chi connectivity index (χ0) is 29.1. The van der Waals surface area contributed by atoms with Crippen molar-refractivity contribution in [1.82, 2.24) is 4.90 Å². The molecule has 3 fully saturated rings. The predicted molar refractivity (Wildman–Crippen MR) is 149 cm³/mol. The van der Waals surface area contributed by atoms with Gasteiger partial charge in [0, 0.05) is 11.1 Å². The molecule has 3 heterocycles. The average Bonchev–Trinajstić information content (AvgIpc) is 3.45. The molecule has 0 saturated carbocycles. The van der Waals surface area contributed by atoms with Crippen molar-refractivity contribution >= 4 is 23.6 Å². The number of ether oxygens (including phenoxy) is 5. The van der Waals surface area contributed by atoms with E-state index in [0.29, 0.717) is 18.0 Å². The Hall–Kier alpha value is -3.18.